The van der Waals surface area contributed by atoms with Crippen molar-refractivity contribution in [2.45, 2.75) is 51.1 Å². The monoisotopic (exact) mass is 413 g/mol. The maximum Gasteiger partial charge on any atom is 0.416 e. The molecule has 0 radical (unpaired) electrons. The predicted molar refractivity (Wildman–Crippen MR) is 108 cm³/mol. The lowest BCUT2D eigenvalue weighted by atomic mass is 9.76. The van der Waals surface area contributed by atoms with E-state index in [9.17, 15) is 22.8 Å². The minimum Gasteiger partial charge on any atom is -0.294 e. The second-order valence-corrected chi connectivity index (χ2v) is 7.73. The van der Waals surface area contributed by atoms with E-state index in [1.165, 1.54) is 18.2 Å². The summed E-state index contributed by atoms with van der Waals surface area (Å²) in [7, 11) is 0. The highest BCUT2D eigenvalue weighted by molar-refractivity contribution is 6.07. The maximum absolute atomic E-state index is 13.6. The van der Waals surface area contributed by atoms with Gasteiger partial charge in [-0.2, -0.15) is 13.2 Å². The number of anilines is 1. The van der Waals surface area contributed by atoms with E-state index in [2.05, 4.69) is 0 Å². The minimum absolute atomic E-state index is 0.00193. The van der Waals surface area contributed by atoms with E-state index in [0.29, 0.717) is 36.2 Å². The number of aryl methyl sites for hydroxylation is 1. The smallest absolute Gasteiger partial charge is 0.294 e. The van der Waals surface area contributed by atoms with E-state index in [1.54, 1.807) is 4.90 Å². The van der Waals surface area contributed by atoms with Gasteiger partial charge in [0.05, 0.1) is 5.56 Å². The van der Waals surface area contributed by atoms with E-state index in [1.807, 2.05) is 31.2 Å². The van der Waals surface area contributed by atoms with Crippen LogP contribution in [0.4, 0.5) is 18.9 Å². The van der Waals surface area contributed by atoms with Gasteiger partial charge in [-0.25, -0.2) is 0 Å². The number of amides is 1. The first kappa shape index (κ1) is 20.4. The number of ketones is 1. The average Bonchev–Trinajstić information content (AvgIpc) is 2.73. The van der Waals surface area contributed by atoms with Gasteiger partial charge in [0.2, 0.25) is 5.91 Å². The molecule has 4 rings (SSSR count). The van der Waals surface area contributed by atoms with Crippen molar-refractivity contribution in [2.24, 2.45) is 0 Å². The summed E-state index contributed by atoms with van der Waals surface area (Å²) in [5.74, 6) is -1.32. The minimum atomic E-state index is -4.55. The van der Waals surface area contributed by atoms with E-state index >= 15 is 0 Å². The molecule has 2 aliphatic rings. The lowest BCUT2D eigenvalue weighted by Crippen LogP contribution is -2.41. The summed E-state index contributed by atoms with van der Waals surface area (Å²) in [6.07, 6.45) is -2.48. The van der Waals surface area contributed by atoms with Crippen LogP contribution in [0.25, 0.3) is 0 Å². The number of Topliss-reactive ketones (excluding diaryl/α,β-unsaturated/α-hetero) is 1. The number of alkyl halides is 3. The second-order valence-electron chi connectivity index (χ2n) is 7.73. The van der Waals surface area contributed by atoms with Crippen LogP contribution in [-0.2, 0) is 22.2 Å². The number of carbonyl (C=O) groups is 2. The molecular formula is C24H22F3NO2. The van der Waals surface area contributed by atoms with Gasteiger partial charge in [0.25, 0.3) is 0 Å². The highest BCUT2D eigenvalue weighted by atomic mass is 19.4. The predicted octanol–water partition coefficient (Wildman–Crippen LogP) is 5.80. The molecule has 1 unspecified atom stereocenters. The summed E-state index contributed by atoms with van der Waals surface area (Å²) >= 11 is 0. The second kappa shape index (κ2) is 7.74. The summed E-state index contributed by atoms with van der Waals surface area (Å²) in [4.78, 5) is 27.6. The Hall–Kier alpha value is -2.89. The molecule has 1 aliphatic carbocycles. The topological polar surface area (TPSA) is 37.4 Å². The largest absolute Gasteiger partial charge is 0.416 e. The van der Waals surface area contributed by atoms with Crippen molar-refractivity contribution in [1.82, 2.24) is 0 Å². The van der Waals surface area contributed by atoms with E-state index in [4.69, 9.17) is 0 Å². The molecule has 1 atom stereocenters. The molecule has 0 fully saturated rings. The van der Waals surface area contributed by atoms with Gasteiger partial charge in [-0.15, -0.1) is 0 Å². The van der Waals surface area contributed by atoms with Crippen molar-refractivity contribution < 1.29 is 22.8 Å². The zero-order valence-corrected chi connectivity index (χ0v) is 16.6. The molecule has 0 bridgehead atoms. The molecule has 1 heterocycles. The quantitative estimate of drug-likeness (QED) is 0.638. The molecule has 0 saturated heterocycles. The third kappa shape index (κ3) is 3.55. The lowest BCUT2D eigenvalue weighted by molar-refractivity contribution is -0.138. The lowest BCUT2D eigenvalue weighted by Gasteiger charge is -2.39. The molecule has 2 aromatic carbocycles. The number of halogens is 3. The van der Waals surface area contributed by atoms with Crippen LogP contribution < -0.4 is 4.90 Å². The summed E-state index contributed by atoms with van der Waals surface area (Å²) in [6.45, 7) is 2.03. The number of nitrogens with zero attached hydrogens (tertiary/aromatic N) is 1. The Bertz CT molecular complexity index is 1020. The molecule has 3 nitrogen and oxygen atoms in total. The molecule has 30 heavy (non-hydrogen) atoms. The fourth-order valence-electron chi connectivity index (χ4n) is 4.50. The van der Waals surface area contributed by atoms with Crippen molar-refractivity contribution in [3.8, 4) is 0 Å². The fourth-order valence-corrected chi connectivity index (χ4v) is 4.50. The third-order valence-electron chi connectivity index (χ3n) is 5.92. The zero-order valence-electron chi connectivity index (χ0n) is 16.6. The van der Waals surface area contributed by atoms with Crippen LogP contribution in [0.3, 0.4) is 0 Å². The van der Waals surface area contributed by atoms with Crippen molar-refractivity contribution in [1.29, 1.82) is 0 Å². The van der Waals surface area contributed by atoms with Crippen LogP contribution >= 0.6 is 0 Å². The van der Waals surface area contributed by atoms with Crippen LogP contribution in [0, 0.1) is 0 Å². The molecule has 6 heteroatoms. The van der Waals surface area contributed by atoms with E-state index in [0.717, 1.165) is 18.1 Å². The zero-order chi connectivity index (χ0) is 21.5. The Balaban J connectivity index is 1.86. The number of hydrogen-bond donors (Lipinski definition) is 0. The van der Waals surface area contributed by atoms with Crippen LogP contribution in [0.1, 0.15) is 55.2 Å². The van der Waals surface area contributed by atoms with E-state index < -0.39 is 17.7 Å². The van der Waals surface area contributed by atoms with Gasteiger partial charge in [-0.05, 0) is 48.6 Å². The molecule has 0 spiro atoms. The molecule has 2 aromatic rings. The average molecular weight is 413 g/mol. The van der Waals surface area contributed by atoms with Gasteiger partial charge < -0.3 is 0 Å². The fraction of sp³-hybridized carbons (Fsp3) is 0.333. The number of carbonyl (C=O) groups excluding carboxylic acids is 2. The summed E-state index contributed by atoms with van der Waals surface area (Å²) in [6, 6.07) is 12.8. The van der Waals surface area contributed by atoms with Crippen molar-refractivity contribution >= 4 is 17.4 Å². The summed E-state index contributed by atoms with van der Waals surface area (Å²) in [5.41, 5.74) is 1.90. The highest BCUT2D eigenvalue weighted by Gasteiger charge is 2.43. The summed E-state index contributed by atoms with van der Waals surface area (Å²) < 4.78 is 40.9. The molecular weight excluding hydrogens is 391 g/mol. The van der Waals surface area contributed by atoms with Crippen LogP contribution in [0.2, 0.25) is 0 Å². The van der Waals surface area contributed by atoms with Crippen molar-refractivity contribution in [3.05, 3.63) is 76.5 Å². The highest BCUT2D eigenvalue weighted by Crippen LogP contribution is 2.46. The molecule has 0 N–H and O–H groups in total. The van der Waals surface area contributed by atoms with E-state index in [-0.39, 0.29) is 23.7 Å². The Morgan fingerprint density at radius 1 is 1.00 bits per heavy atom. The first-order valence-electron chi connectivity index (χ1n) is 10.2. The van der Waals surface area contributed by atoms with Gasteiger partial charge in [0.15, 0.2) is 5.78 Å². The molecule has 0 saturated carbocycles. The SMILES string of the molecule is CCc1ccc(N2C(=O)CC(c3ccccc3C(F)(F)F)C3=C2CCCC3=O)cc1. The normalized spacial score (nSPS) is 19.9. The molecule has 1 aliphatic heterocycles. The van der Waals surface area contributed by atoms with Crippen molar-refractivity contribution in [2.75, 3.05) is 4.90 Å². The molecule has 0 aromatic heterocycles. The Morgan fingerprint density at radius 3 is 2.37 bits per heavy atom. The Morgan fingerprint density at radius 2 is 1.70 bits per heavy atom. The number of rotatable bonds is 3. The van der Waals surface area contributed by atoms with Gasteiger partial charge in [0.1, 0.15) is 0 Å². The Kier molecular flexibility index (Phi) is 5.26. The standard InChI is InChI=1S/C24H22F3NO2/c1-2-15-10-12-16(13-11-15)28-20-8-5-9-21(29)23(20)18(14-22(28)30)17-6-3-4-7-19(17)24(25,26)27/h3-4,6-7,10-13,18H,2,5,8-9,14H2,1H3. The molecule has 156 valence electrons. The first-order valence-corrected chi connectivity index (χ1v) is 10.2. The van der Waals surface area contributed by atoms with Crippen LogP contribution in [0.5, 0.6) is 0 Å². The van der Waals surface area contributed by atoms with Crippen LogP contribution in [-0.4, -0.2) is 11.7 Å². The van der Waals surface area contributed by atoms with Gasteiger partial charge in [-0.3, -0.25) is 14.5 Å². The Labute approximate surface area is 173 Å². The first-order chi connectivity index (χ1) is 14.3. The number of allylic oxidation sites excluding steroid dienone is 2. The van der Waals surface area contributed by atoms with Crippen molar-refractivity contribution in [3.63, 3.8) is 0 Å². The maximum atomic E-state index is 13.6. The van der Waals surface area contributed by atoms with Gasteiger partial charge in [-0.1, -0.05) is 37.3 Å². The van der Waals surface area contributed by atoms with Gasteiger partial charge >= 0.3 is 6.18 Å². The van der Waals surface area contributed by atoms with Crippen LogP contribution in [0.15, 0.2) is 59.8 Å². The third-order valence-corrected chi connectivity index (χ3v) is 5.92. The molecule has 1 amide bonds. The van der Waals surface area contributed by atoms with Gasteiger partial charge in [0, 0.05) is 35.7 Å². The number of benzene rings is 2. The number of hydrogen-bond acceptors (Lipinski definition) is 2. The summed E-state index contributed by atoms with van der Waals surface area (Å²) in [5, 5.41) is 0.